The fourth-order valence-corrected chi connectivity index (χ4v) is 1.76. The third-order valence-corrected chi connectivity index (χ3v) is 2.89. The van der Waals surface area contributed by atoms with Gasteiger partial charge in [0.15, 0.2) is 0 Å². The highest BCUT2D eigenvalue weighted by Gasteiger charge is 2.25. The number of amides is 3. The molecule has 0 bridgehead atoms. The molecule has 0 saturated carbocycles. The zero-order valence-electron chi connectivity index (χ0n) is 13.6. The molecule has 0 aliphatic carbocycles. The fraction of sp³-hybridized carbons (Fsp3) is 0.714. The summed E-state index contributed by atoms with van der Waals surface area (Å²) in [5.41, 5.74) is 0. The molecule has 0 aromatic carbocycles. The number of carbonyl (C=O) groups excluding carboxylic acids is 3. The van der Waals surface area contributed by atoms with Crippen LogP contribution in [0.25, 0.3) is 0 Å². The van der Waals surface area contributed by atoms with Crippen molar-refractivity contribution < 1.29 is 24.3 Å². The van der Waals surface area contributed by atoms with Crippen molar-refractivity contribution in [1.29, 1.82) is 0 Å². The van der Waals surface area contributed by atoms with Crippen LogP contribution >= 0.6 is 0 Å². The number of carboxylic acids is 1. The third kappa shape index (κ3) is 7.61. The van der Waals surface area contributed by atoms with E-state index in [1.807, 2.05) is 13.8 Å². The van der Waals surface area contributed by atoms with Crippen LogP contribution in [0.2, 0.25) is 0 Å². The molecule has 0 aliphatic rings. The first-order valence-electron chi connectivity index (χ1n) is 7.15. The maximum Gasteiger partial charge on any atom is 0.326 e. The number of hydrogen-bond donors (Lipinski definition) is 4. The van der Waals surface area contributed by atoms with Gasteiger partial charge >= 0.3 is 5.97 Å². The van der Waals surface area contributed by atoms with Gasteiger partial charge < -0.3 is 21.1 Å². The van der Waals surface area contributed by atoms with Crippen molar-refractivity contribution in [3.63, 3.8) is 0 Å². The van der Waals surface area contributed by atoms with Gasteiger partial charge in [-0.05, 0) is 26.2 Å². The van der Waals surface area contributed by atoms with Crippen molar-refractivity contribution in [3.8, 4) is 0 Å². The summed E-state index contributed by atoms with van der Waals surface area (Å²) in [4.78, 5) is 45.7. The average Bonchev–Trinajstić information content (AvgIpc) is 2.35. The van der Waals surface area contributed by atoms with Crippen molar-refractivity contribution in [2.75, 3.05) is 0 Å². The Hall–Kier alpha value is -2.12. The van der Waals surface area contributed by atoms with Gasteiger partial charge in [-0.15, -0.1) is 0 Å². The molecule has 126 valence electrons. The summed E-state index contributed by atoms with van der Waals surface area (Å²) >= 11 is 0. The molecule has 3 atom stereocenters. The molecule has 0 aromatic rings. The maximum absolute atomic E-state index is 11.9. The molecule has 8 nitrogen and oxygen atoms in total. The molecule has 0 unspecified atom stereocenters. The molecule has 0 saturated heterocycles. The van der Waals surface area contributed by atoms with E-state index in [1.54, 1.807) is 0 Å². The first-order valence-corrected chi connectivity index (χ1v) is 7.15. The van der Waals surface area contributed by atoms with Crippen molar-refractivity contribution in [2.24, 2.45) is 5.92 Å². The van der Waals surface area contributed by atoms with Crippen LogP contribution in [-0.4, -0.2) is 46.9 Å². The van der Waals surface area contributed by atoms with Gasteiger partial charge in [-0.3, -0.25) is 14.4 Å². The predicted octanol–water partition coefficient (Wildman–Crippen LogP) is -0.369. The second-order valence-electron chi connectivity index (χ2n) is 5.68. The molecule has 0 radical (unpaired) electrons. The summed E-state index contributed by atoms with van der Waals surface area (Å²) in [5.74, 6) is -2.48. The Bertz CT molecular complexity index is 436. The molecule has 0 rings (SSSR count). The molecule has 0 spiro atoms. The highest BCUT2D eigenvalue weighted by Crippen LogP contribution is 2.05. The average molecular weight is 315 g/mol. The lowest BCUT2D eigenvalue weighted by Gasteiger charge is -2.21. The smallest absolute Gasteiger partial charge is 0.326 e. The summed E-state index contributed by atoms with van der Waals surface area (Å²) in [7, 11) is 0. The Balaban J connectivity index is 4.55. The minimum Gasteiger partial charge on any atom is -0.480 e. The molecule has 0 aromatic heterocycles. The molecule has 3 amide bonds. The SMILES string of the molecule is CC(=O)N[C@@H](C)C(=O)N[C@@H](C)C(=O)N[C@@H](CC(C)C)C(=O)O. The quantitative estimate of drug-likeness (QED) is 0.486. The number of aliphatic carboxylic acids is 1. The predicted molar refractivity (Wildman–Crippen MR) is 79.9 cm³/mol. The van der Waals surface area contributed by atoms with Gasteiger partial charge in [0.2, 0.25) is 17.7 Å². The van der Waals surface area contributed by atoms with Crippen LogP contribution in [0.15, 0.2) is 0 Å². The van der Waals surface area contributed by atoms with Crippen LogP contribution in [0.3, 0.4) is 0 Å². The van der Waals surface area contributed by atoms with Gasteiger partial charge in [-0.25, -0.2) is 4.79 Å². The molecule has 0 heterocycles. The number of carbonyl (C=O) groups is 4. The van der Waals surface area contributed by atoms with E-state index >= 15 is 0 Å². The normalized spacial score (nSPS) is 14.6. The van der Waals surface area contributed by atoms with Crippen LogP contribution < -0.4 is 16.0 Å². The summed E-state index contributed by atoms with van der Waals surface area (Å²) in [6.07, 6.45) is 0.296. The second-order valence-corrected chi connectivity index (χ2v) is 5.68. The number of rotatable bonds is 8. The van der Waals surface area contributed by atoms with Gasteiger partial charge in [-0.2, -0.15) is 0 Å². The van der Waals surface area contributed by atoms with Crippen molar-refractivity contribution in [1.82, 2.24) is 16.0 Å². The van der Waals surface area contributed by atoms with E-state index in [-0.39, 0.29) is 11.8 Å². The lowest BCUT2D eigenvalue weighted by molar-refractivity contribution is -0.142. The molecule has 4 N–H and O–H groups in total. The fourth-order valence-electron chi connectivity index (χ4n) is 1.76. The Morgan fingerprint density at radius 2 is 1.32 bits per heavy atom. The lowest BCUT2D eigenvalue weighted by Crippen LogP contribution is -2.54. The molecular weight excluding hydrogens is 290 g/mol. The van der Waals surface area contributed by atoms with Gasteiger partial charge in [-0.1, -0.05) is 13.8 Å². The standard InChI is InChI=1S/C14H25N3O5/c1-7(2)6-11(14(21)22)17-13(20)9(4)16-12(19)8(3)15-10(5)18/h7-9,11H,6H2,1-5H3,(H,15,18)(H,16,19)(H,17,20)(H,21,22)/t8-,9-,11-/m0/s1. The molecular formula is C14H25N3O5. The van der Waals surface area contributed by atoms with E-state index in [0.717, 1.165) is 0 Å². The van der Waals surface area contributed by atoms with E-state index in [4.69, 9.17) is 5.11 Å². The first kappa shape index (κ1) is 19.9. The summed E-state index contributed by atoms with van der Waals surface area (Å²) in [6, 6.07) is -2.68. The van der Waals surface area contributed by atoms with Crippen molar-refractivity contribution in [2.45, 2.75) is 59.2 Å². The summed E-state index contributed by atoms with van der Waals surface area (Å²) < 4.78 is 0. The highest BCUT2D eigenvalue weighted by atomic mass is 16.4. The van der Waals surface area contributed by atoms with Gasteiger partial charge in [0.25, 0.3) is 0 Å². The van der Waals surface area contributed by atoms with Crippen molar-refractivity contribution in [3.05, 3.63) is 0 Å². The van der Waals surface area contributed by atoms with E-state index in [0.29, 0.717) is 6.42 Å². The topological polar surface area (TPSA) is 125 Å². The Kier molecular flexibility index (Phi) is 8.14. The van der Waals surface area contributed by atoms with Crippen LogP contribution in [-0.2, 0) is 19.2 Å². The Morgan fingerprint density at radius 1 is 0.864 bits per heavy atom. The molecule has 0 fully saturated rings. The second kappa shape index (κ2) is 9.01. The summed E-state index contributed by atoms with van der Waals surface area (Å²) in [6.45, 7) is 7.91. The van der Waals surface area contributed by atoms with E-state index in [9.17, 15) is 19.2 Å². The van der Waals surface area contributed by atoms with Gasteiger partial charge in [0.1, 0.15) is 18.1 Å². The Labute approximate surface area is 130 Å². The molecule has 22 heavy (non-hydrogen) atoms. The van der Waals surface area contributed by atoms with Crippen LogP contribution in [0.1, 0.15) is 41.0 Å². The minimum absolute atomic E-state index is 0.103. The molecule has 8 heteroatoms. The van der Waals surface area contributed by atoms with Crippen LogP contribution in [0.4, 0.5) is 0 Å². The first-order chi connectivity index (χ1) is 10.0. The number of hydrogen-bond acceptors (Lipinski definition) is 4. The zero-order valence-corrected chi connectivity index (χ0v) is 13.6. The van der Waals surface area contributed by atoms with Crippen molar-refractivity contribution >= 4 is 23.7 Å². The monoisotopic (exact) mass is 315 g/mol. The Morgan fingerprint density at radius 3 is 1.73 bits per heavy atom. The largest absolute Gasteiger partial charge is 0.480 e. The molecule has 0 aliphatic heterocycles. The van der Waals surface area contributed by atoms with Crippen LogP contribution in [0.5, 0.6) is 0 Å². The highest BCUT2D eigenvalue weighted by molar-refractivity contribution is 5.92. The van der Waals surface area contributed by atoms with E-state index in [1.165, 1.54) is 20.8 Å². The van der Waals surface area contributed by atoms with Gasteiger partial charge in [0, 0.05) is 6.92 Å². The van der Waals surface area contributed by atoms with Crippen LogP contribution in [0, 0.1) is 5.92 Å². The lowest BCUT2D eigenvalue weighted by atomic mass is 10.0. The van der Waals surface area contributed by atoms with Gasteiger partial charge in [0.05, 0.1) is 0 Å². The number of carboxylic acid groups (broad SMARTS) is 1. The number of nitrogens with one attached hydrogen (secondary N) is 3. The maximum atomic E-state index is 11.9. The minimum atomic E-state index is -1.12. The zero-order chi connectivity index (χ0) is 17.4. The summed E-state index contributed by atoms with van der Waals surface area (Å²) in [5, 5.41) is 16.3. The third-order valence-electron chi connectivity index (χ3n) is 2.89. The van der Waals surface area contributed by atoms with E-state index < -0.39 is 35.9 Å². The van der Waals surface area contributed by atoms with E-state index in [2.05, 4.69) is 16.0 Å².